The Hall–Kier alpha value is -2.36. The van der Waals surface area contributed by atoms with Crippen LogP contribution in [0.1, 0.15) is 29.9 Å². The summed E-state index contributed by atoms with van der Waals surface area (Å²) in [7, 11) is 1.63. The Morgan fingerprint density at radius 1 is 1.36 bits per heavy atom. The Morgan fingerprint density at radius 2 is 2.09 bits per heavy atom. The molecule has 0 saturated heterocycles. The molecule has 116 valence electrons. The molecular formula is C18H22N2O2. The number of hydrogen-bond acceptors (Lipinski definition) is 3. The van der Waals surface area contributed by atoms with Gasteiger partial charge >= 0.3 is 0 Å². The van der Waals surface area contributed by atoms with E-state index < -0.39 is 0 Å². The van der Waals surface area contributed by atoms with Crippen molar-refractivity contribution in [3.63, 3.8) is 0 Å². The zero-order valence-corrected chi connectivity index (χ0v) is 13.6. The molecule has 22 heavy (non-hydrogen) atoms. The zero-order chi connectivity index (χ0) is 16.3. The van der Waals surface area contributed by atoms with Crippen molar-refractivity contribution in [2.24, 2.45) is 0 Å². The molecule has 1 heterocycles. The normalized spacial score (nSPS) is 10.5. The van der Waals surface area contributed by atoms with Crippen molar-refractivity contribution in [2.45, 2.75) is 20.8 Å². The van der Waals surface area contributed by atoms with E-state index in [1.807, 2.05) is 45.0 Å². The number of nitrogens with zero attached hydrogens (tertiary/aromatic N) is 2. The first-order valence-corrected chi connectivity index (χ1v) is 7.35. The largest absolute Gasteiger partial charge is 0.497 e. The van der Waals surface area contributed by atoms with Gasteiger partial charge in [-0.15, -0.1) is 0 Å². The molecule has 0 aliphatic heterocycles. The average Bonchev–Trinajstić information content (AvgIpc) is 2.50. The average molecular weight is 298 g/mol. The number of methoxy groups -OCH3 is 1. The van der Waals surface area contributed by atoms with Crippen LogP contribution in [0.25, 0.3) is 10.9 Å². The first-order chi connectivity index (χ1) is 10.5. The van der Waals surface area contributed by atoms with Gasteiger partial charge in [0, 0.05) is 24.5 Å². The highest BCUT2D eigenvalue weighted by atomic mass is 16.5. The van der Waals surface area contributed by atoms with Gasteiger partial charge in [-0.2, -0.15) is 0 Å². The van der Waals surface area contributed by atoms with E-state index in [0.29, 0.717) is 18.7 Å². The summed E-state index contributed by atoms with van der Waals surface area (Å²) in [6.45, 7) is 10.9. The lowest BCUT2D eigenvalue weighted by atomic mass is 10.1. The minimum absolute atomic E-state index is 0.00628. The second-order valence-corrected chi connectivity index (χ2v) is 5.46. The van der Waals surface area contributed by atoms with Crippen molar-refractivity contribution in [1.29, 1.82) is 0 Å². The van der Waals surface area contributed by atoms with Crippen LogP contribution in [0.4, 0.5) is 0 Å². The molecule has 0 radical (unpaired) electrons. The summed E-state index contributed by atoms with van der Waals surface area (Å²) >= 11 is 0. The van der Waals surface area contributed by atoms with Gasteiger partial charge in [0.25, 0.3) is 5.91 Å². The van der Waals surface area contributed by atoms with Crippen LogP contribution in [0.15, 0.2) is 36.4 Å². The number of aromatic nitrogens is 1. The van der Waals surface area contributed by atoms with Gasteiger partial charge in [0.15, 0.2) is 0 Å². The highest BCUT2D eigenvalue weighted by Crippen LogP contribution is 2.22. The first-order valence-electron chi connectivity index (χ1n) is 7.35. The molecule has 0 atom stereocenters. The summed E-state index contributed by atoms with van der Waals surface area (Å²) in [5.74, 6) is 0.754. The molecule has 0 unspecified atom stereocenters. The van der Waals surface area contributed by atoms with E-state index in [1.54, 1.807) is 12.0 Å². The van der Waals surface area contributed by atoms with E-state index in [2.05, 4.69) is 11.6 Å². The number of aryl methyl sites for hydroxylation is 1. The van der Waals surface area contributed by atoms with Gasteiger partial charge in [0.1, 0.15) is 5.75 Å². The lowest BCUT2D eigenvalue weighted by Gasteiger charge is -2.22. The van der Waals surface area contributed by atoms with Gasteiger partial charge in [-0.3, -0.25) is 9.78 Å². The number of amides is 1. The zero-order valence-electron chi connectivity index (χ0n) is 13.6. The lowest BCUT2D eigenvalue weighted by molar-refractivity contribution is 0.0777. The van der Waals surface area contributed by atoms with Crippen molar-refractivity contribution in [2.75, 3.05) is 20.2 Å². The molecule has 0 aliphatic rings. The topological polar surface area (TPSA) is 42.4 Å². The molecule has 2 aromatic rings. The van der Waals surface area contributed by atoms with Crippen LogP contribution in [0.3, 0.4) is 0 Å². The van der Waals surface area contributed by atoms with Gasteiger partial charge < -0.3 is 9.64 Å². The van der Waals surface area contributed by atoms with Crippen LogP contribution in [-0.4, -0.2) is 36.0 Å². The third-order valence-electron chi connectivity index (χ3n) is 3.58. The maximum Gasteiger partial charge on any atom is 0.255 e. The number of rotatable bonds is 5. The van der Waals surface area contributed by atoms with E-state index in [1.165, 1.54) is 0 Å². The number of likely N-dealkylation sites (N-methyl/N-ethyl adjacent to an activating group) is 1. The maximum absolute atomic E-state index is 12.7. The fourth-order valence-electron chi connectivity index (χ4n) is 2.41. The number of ether oxygens (including phenoxy) is 1. The van der Waals surface area contributed by atoms with E-state index in [0.717, 1.165) is 27.9 Å². The predicted octanol–water partition coefficient (Wildman–Crippen LogP) is 3.59. The van der Waals surface area contributed by atoms with Gasteiger partial charge in [-0.1, -0.05) is 12.2 Å². The number of hydrogen-bond donors (Lipinski definition) is 0. The minimum Gasteiger partial charge on any atom is -0.497 e. The predicted molar refractivity (Wildman–Crippen MR) is 89.4 cm³/mol. The molecule has 4 nitrogen and oxygen atoms in total. The van der Waals surface area contributed by atoms with E-state index in [4.69, 9.17) is 4.74 Å². The van der Waals surface area contributed by atoms with Gasteiger partial charge in [0.2, 0.25) is 0 Å². The Kier molecular flexibility index (Phi) is 4.81. The third kappa shape index (κ3) is 3.27. The summed E-state index contributed by atoms with van der Waals surface area (Å²) < 4.78 is 5.21. The molecule has 0 N–H and O–H groups in total. The van der Waals surface area contributed by atoms with E-state index >= 15 is 0 Å². The monoisotopic (exact) mass is 298 g/mol. The molecule has 0 aliphatic carbocycles. The lowest BCUT2D eigenvalue weighted by Crippen LogP contribution is -2.32. The van der Waals surface area contributed by atoms with Crippen molar-refractivity contribution < 1.29 is 9.53 Å². The van der Waals surface area contributed by atoms with Gasteiger partial charge in [-0.05, 0) is 39.0 Å². The van der Waals surface area contributed by atoms with Crippen LogP contribution in [0.5, 0.6) is 5.75 Å². The number of carbonyl (C=O) groups is 1. The molecule has 0 saturated carbocycles. The summed E-state index contributed by atoms with van der Waals surface area (Å²) in [6.07, 6.45) is 0. The van der Waals surface area contributed by atoms with Crippen molar-refractivity contribution in [3.8, 4) is 5.75 Å². The molecule has 0 spiro atoms. The van der Waals surface area contributed by atoms with Crippen molar-refractivity contribution in [1.82, 2.24) is 9.88 Å². The quantitative estimate of drug-likeness (QED) is 0.792. The van der Waals surface area contributed by atoms with Crippen LogP contribution >= 0.6 is 0 Å². The van der Waals surface area contributed by atoms with Crippen molar-refractivity contribution >= 4 is 16.8 Å². The summed E-state index contributed by atoms with van der Waals surface area (Å²) in [4.78, 5) is 19.0. The summed E-state index contributed by atoms with van der Waals surface area (Å²) in [5, 5.41) is 0.932. The van der Waals surface area contributed by atoms with Crippen molar-refractivity contribution in [3.05, 3.63) is 47.7 Å². The summed E-state index contributed by atoms with van der Waals surface area (Å²) in [6, 6.07) is 7.58. The fourth-order valence-corrected chi connectivity index (χ4v) is 2.41. The molecule has 1 aromatic heterocycles. The Bertz CT molecular complexity index is 722. The summed E-state index contributed by atoms with van der Waals surface area (Å²) in [5.41, 5.74) is 3.16. The first kappa shape index (κ1) is 16.0. The Labute approximate surface area is 131 Å². The van der Waals surface area contributed by atoms with Crippen LogP contribution in [0.2, 0.25) is 0 Å². The smallest absolute Gasteiger partial charge is 0.255 e. The number of carbonyl (C=O) groups excluding carboxylic acids is 1. The SMILES string of the molecule is C=C(C)CN(CC)C(=O)c1cc2ccc(OC)cc2nc1C. The molecule has 0 bridgehead atoms. The highest BCUT2D eigenvalue weighted by molar-refractivity contribution is 5.98. The minimum atomic E-state index is -0.00628. The highest BCUT2D eigenvalue weighted by Gasteiger charge is 2.18. The Balaban J connectivity index is 2.44. The van der Waals surface area contributed by atoms with E-state index in [-0.39, 0.29) is 5.91 Å². The molecule has 1 aromatic carbocycles. The molecule has 4 heteroatoms. The van der Waals surface area contributed by atoms with Crippen LogP contribution in [-0.2, 0) is 0 Å². The Morgan fingerprint density at radius 3 is 2.68 bits per heavy atom. The fraction of sp³-hybridized carbons (Fsp3) is 0.333. The van der Waals surface area contributed by atoms with E-state index in [9.17, 15) is 4.79 Å². The molecular weight excluding hydrogens is 276 g/mol. The standard InChI is InChI=1S/C18H22N2O2/c1-6-20(11-12(2)3)18(21)16-9-14-7-8-15(22-5)10-17(14)19-13(16)4/h7-10H,2,6,11H2,1,3-5H3. The second kappa shape index (κ2) is 6.60. The number of fused-ring (bicyclic) bond motifs is 1. The maximum atomic E-state index is 12.7. The second-order valence-electron chi connectivity index (χ2n) is 5.46. The van der Waals surface area contributed by atoms with Crippen LogP contribution < -0.4 is 4.74 Å². The third-order valence-corrected chi connectivity index (χ3v) is 3.58. The number of benzene rings is 1. The van der Waals surface area contributed by atoms with Crippen LogP contribution in [0, 0.1) is 6.92 Å². The molecule has 0 fully saturated rings. The molecule has 1 amide bonds. The molecule has 2 rings (SSSR count). The number of pyridine rings is 1. The van der Waals surface area contributed by atoms with Gasteiger partial charge in [0.05, 0.1) is 23.9 Å². The van der Waals surface area contributed by atoms with Gasteiger partial charge in [-0.25, -0.2) is 0 Å².